The molecule has 6 nitrogen and oxygen atoms in total. The fraction of sp³-hybridized carbons (Fsp3) is 0.400. The summed E-state index contributed by atoms with van der Waals surface area (Å²) in [5.74, 6) is 0.656. The number of nitrogens with one attached hydrogen (secondary N) is 1. The summed E-state index contributed by atoms with van der Waals surface area (Å²) in [6, 6.07) is 14.0. The largest absolute Gasteiger partial charge is 0.494 e. The molecule has 3 rings (SSSR count). The van der Waals surface area contributed by atoms with Gasteiger partial charge in [-0.3, -0.25) is 4.72 Å². The van der Waals surface area contributed by atoms with Crippen LogP contribution in [0.4, 0.5) is 11.4 Å². The van der Waals surface area contributed by atoms with Crippen molar-refractivity contribution in [3.63, 3.8) is 0 Å². The predicted molar refractivity (Wildman–Crippen MR) is 109 cm³/mol. The number of likely N-dealkylation sites (N-methyl/N-ethyl adjacent to an activating group) is 1. The zero-order valence-electron chi connectivity index (χ0n) is 15.9. The Bertz CT molecular complexity index is 828. The van der Waals surface area contributed by atoms with Gasteiger partial charge in [0, 0.05) is 37.6 Å². The van der Waals surface area contributed by atoms with Crippen LogP contribution in [0.15, 0.2) is 53.4 Å². The summed E-state index contributed by atoms with van der Waals surface area (Å²) < 4.78 is 33.1. The van der Waals surface area contributed by atoms with Gasteiger partial charge in [0.1, 0.15) is 5.75 Å². The quantitative estimate of drug-likeness (QED) is 0.789. The van der Waals surface area contributed by atoms with E-state index in [1.807, 2.05) is 31.2 Å². The van der Waals surface area contributed by atoms with Gasteiger partial charge in [-0.25, -0.2) is 8.42 Å². The van der Waals surface area contributed by atoms with Crippen LogP contribution in [0, 0.1) is 0 Å². The molecule has 1 saturated heterocycles. The second kappa shape index (κ2) is 8.63. The van der Waals surface area contributed by atoms with Gasteiger partial charge in [0.15, 0.2) is 0 Å². The zero-order chi connectivity index (χ0) is 19.3. The van der Waals surface area contributed by atoms with E-state index in [0.717, 1.165) is 38.4 Å². The first kappa shape index (κ1) is 19.5. The standard InChI is InChI=1S/C20H27N3O3S/c1-3-22-13-15-23(16-14-22)18-7-5-17(6-8-18)21-27(24,25)20-11-9-19(10-12-20)26-4-2/h5-12,21H,3-4,13-16H2,1-2H3. The van der Waals surface area contributed by atoms with Crippen molar-refractivity contribution < 1.29 is 13.2 Å². The zero-order valence-corrected chi connectivity index (χ0v) is 16.7. The van der Waals surface area contributed by atoms with Gasteiger partial charge < -0.3 is 14.5 Å². The molecule has 1 fully saturated rings. The van der Waals surface area contributed by atoms with Gasteiger partial charge in [0.05, 0.1) is 11.5 Å². The van der Waals surface area contributed by atoms with Crippen LogP contribution in [0.1, 0.15) is 13.8 Å². The Hall–Kier alpha value is -2.25. The number of rotatable bonds is 7. The third kappa shape index (κ3) is 4.93. The minimum Gasteiger partial charge on any atom is -0.494 e. The lowest BCUT2D eigenvalue weighted by Gasteiger charge is -2.35. The second-order valence-corrected chi connectivity index (χ2v) is 8.16. The molecule has 0 radical (unpaired) electrons. The van der Waals surface area contributed by atoms with Gasteiger partial charge in [-0.05, 0) is 62.0 Å². The molecule has 0 atom stereocenters. The smallest absolute Gasteiger partial charge is 0.261 e. The molecule has 1 heterocycles. The summed E-state index contributed by atoms with van der Waals surface area (Å²) in [5.41, 5.74) is 1.68. The average molecular weight is 390 g/mol. The number of sulfonamides is 1. The molecule has 0 aromatic heterocycles. The maximum Gasteiger partial charge on any atom is 0.261 e. The normalized spacial score (nSPS) is 15.6. The molecule has 1 aliphatic rings. The van der Waals surface area contributed by atoms with Crippen molar-refractivity contribution in [1.82, 2.24) is 4.90 Å². The summed E-state index contributed by atoms with van der Waals surface area (Å²) in [6.45, 7) is 9.80. The fourth-order valence-corrected chi connectivity index (χ4v) is 4.22. The number of hydrogen-bond acceptors (Lipinski definition) is 5. The minimum absolute atomic E-state index is 0.214. The Morgan fingerprint density at radius 3 is 2.11 bits per heavy atom. The van der Waals surface area contributed by atoms with E-state index in [4.69, 9.17) is 4.74 Å². The summed E-state index contributed by atoms with van der Waals surface area (Å²) in [6.07, 6.45) is 0. The fourth-order valence-electron chi connectivity index (χ4n) is 3.16. The number of nitrogens with zero attached hydrogens (tertiary/aromatic N) is 2. The van der Waals surface area contributed by atoms with Crippen molar-refractivity contribution in [2.45, 2.75) is 18.7 Å². The van der Waals surface area contributed by atoms with E-state index in [2.05, 4.69) is 21.4 Å². The average Bonchev–Trinajstić information content (AvgIpc) is 2.69. The van der Waals surface area contributed by atoms with E-state index in [1.165, 1.54) is 0 Å². The third-order valence-electron chi connectivity index (χ3n) is 4.75. The topological polar surface area (TPSA) is 61.9 Å². The highest BCUT2D eigenvalue weighted by molar-refractivity contribution is 7.92. The van der Waals surface area contributed by atoms with Crippen LogP contribution in [0.2, 0.25) is 0 Å². The van der Waals surface area contributed by atoms with Crippen LogP contribution >= 0.6 is 0 Å². The lowest BCUT2D eigenvalue weighted by molar-refractivity contribution is 0.271. The molecular weight excluding hydrogens is 362 g/mol. The van der Waals surface area contributed by atoms with Gasteiger partial charge >= 0.3 is 0 Å². The lowest BCUT2D eigenvalue weighted by atomic mass is 10.2. The molecule has 0 unspecified atom stereocenters. The van der Waals surface area contributed by atoms with E-state index >= 15 is 0 Å². The minimum atomic E-state index is -3.62. The first-order valence-electron chi connectivity index (χ1n) is 9.35. The van der Waals surface area contributed by atoms with Crippen LogP contribution < -0.4 is 14.4 Å². The van der Waals surface area contributed by atoms with E-state index in [9.17, 15) is 8.42 Å². The van der Waals surface area contributed by atoms with Gasteiger partial charge in [-0.1, -0.05) is 6.92 Å². The van der Waals surface area contributed by atoms with E-state index < -0.39 is 10.0 Å². The van der Waals surface area contributed by atoms with E-state index in [0.29, 0.717) is 18.0 Å². The third-order valence-corrected chi connectivity index (χ3v) is 6.15. The number of anilines is 2. The molecule has 1 N–H and O–H groups in total. The number of hydrogen-bond donors (Lipinski definition) is 1. The molecule has 27 heavy (non-hydrogen) atoms. The molecule has 0 aliphatic carbocycles. The Kier molecular flexibility index (Phi) is 6.23. The van der Waals surface area contributed by atoms with Crippen LogP contribution in [-0.2, 0) is 10.0 Å². The lowest BCUT2D eigenvalue weighted by Crippen LogP contribution is -2.46. The maximum atomic E-state index is 12.6. The number of benzene rings is 2. The molecule has 1 aliphatic heterocycles. The van der Waals surface area contributed by atoms with Crippen molar-refractivity contribution in [1.29, 1.82) is 0 Å². The molecule has 2 aromatic rings. The molecule has 0 saturated carbocycles. The monoisotopic (exact) mass is 389 g/mol. The summed E-state index contributed by atoms with van der Waals surface area (Å²) in [4.78, 5) is 4.97. The van der Waals surface area contributed by atoms with Gasteiger partial charge in [0.25, 0.3) is 10.0 Å². The number of piperazine rings is 1. The molecule has 2 aromatic carbocycles. The molecule has 0 amide bonds. The Labute approximate surface area is 161 Å². The molecular formula is C20H27N3O3S. The van der Waals surface area contributed by atoms with Crippen molar-refractivity contribution in [2.75, 3.05) is 49.0 Å². The SMILES string of the molecule is CCOc1ccc(S(=O)(=O)Nc2ccc(N3CCN(CC)CC3)cc2)cc1. The Morgan fingerprint density at radius 1 is 0.926 bits per heavy atom. The Balaban J connectivity index is 1.65. The van der Waals surface area contributed by atoms with E-state index in [1.54, 1.807) is 24.3 Å². The highest BCUT2D eigenvalue weighted by Crippen LogP contribution is 2.23. The molecule has 0 spiro atoms. The summed E-state index contributed by atoms with van der Waals surface area (Å²) in [7, 11) is -3.62. The van der Waals surface area contributed by atoms with Crippen molar-refractivity contribution in [3.05, 3.63) is 48.5 Å². The molecule has 0 bridgehead atoms. The summed E-state index contributed by atoms with van der Waals surface area (Å²) in [5, 5.41) is 0. The highest BCUT2D eigenvalue weighted by Gasteiger charge is 2.17. The van der Waals surface area contributed by atoms with Gasteiger partial charge in [-0.15, -0.1) is 0 Å². The van der Waals surface area contributed by atoms with Crippen LogP contribution in [0.5, 0.6) is 5.75 Å². The van der Waals surface area contributed by atoms with E-state index in [-0.39, 0.29) is 4.90 Å². The first-order valence-corrected chi connectivity index (χ1v) is 10.8. The predicted octanol–water partition coefficient (Wildman–Crippen LogP) is 3.03. The van der Waals surface area contributed by atoms with Crippen molar-refractivity contribution in [3.8, 4) is 5.75 Å². The second-order valence-electron chi connectivity index (χ2n) is 6.48. The Morgan fingerprint density at radius 2 is 1.56 bits per heavy atom. The van der Waals surface area contributed by atoms with Crippen LogP contribution in [0.3, 0.4) is 0 Å². The molecule has 146 valence electrons. The maximum absolute atomic E-state index is 12.6. The first-order chi connectivity index (χ1) is 13.0. The van der Waals surface area contributed by atoms with Crippen LogP contribution in [-0.4, -0.2) is 52.6 Å². The van der Waals surface area contributed by atoms with Crippen molar-refractivity contribution >= 4 is 21.4 Å². The van der Waals surface area contributed by atoms with Gasteiger partial charge in [0.2, 0.25) is 0 Å². The van der Waals surface area contributed by atoms with Crippen LogP contribution in [0.25, 0.3) is 0 Å². The molecule has 7 heteroatoms. The van der Waals surface area contributed by atoms with Gasteiger partial charge in [-0.2, -0.15) is 0 Å². The summed E-state index contributed by atoms with van der Waals surface area (Å²) >= 11 is 0. The highest BCUT2D eigenvalue weighted by atomic mass is 32.2. The van der Waals surface area contributed by atoms with Crippen molar-refractivity contribution in [2.24, 2.45) is 0 Å². The number of ether oxygens (including phenoxy) is 1.